The zero-order valence-corrected chi connectivity index (χ0v) is 12.9. The molecule has 20 heavy (non-hydrogen) atoms. The number of hydrogen-bond acceptors (Lipinski definition) is 4. The van der Waals surface area contributed by atoms with E-state index >= 15 is 0 Å². The molecule has 1 saturated carbocycles. The maximum atomic E-state index is 6.47. The Labute approximate surface area is 124 Å². The number of aliphatic imine (C=N–C) groups is 1. The van der Waals surface area contributed by atoms with Crippen LogP contribution in [0.2, 0.25) is 0 Å². The molecule has 1 unspecified atom stereocenters. The maximum absolute atomic E-state index is 6.47. The number of methoxy groups -OCH3 is 1. The third-order valence-electron chi connectivity index (χ3n) is 4.19. The van der Waals surface area contributed by atoms with Crippen LogP contribution in [0.3, 0.4) is 0 Å². The molecule has 2 aliphatic rings. The van der Waals surface area contributed by atoms with E-state index in [-0.39, 0.29) is 5.72 Å². The molecule has 0 radical (unpaired) electrons. The van der Waals surface area contributed by atoms with Gasteiger partial charge in [-0.15, -0.1) is 11.8 Å². The lowest BCUT2D eigenvalue weighted by atomic mass is 9.92. The first kappa shape index (κ1) is 14.1. The van der Waals surface area contributed by atoms with Crippen molar-refractivity contribution in [2.45, 2.75) is 43.6 Å². The van der Waals surface area contributed by atoms with Gasteiger partial charge in [0.05, 0.1) is 0 Å². The monoisotopic (exact) mass is 291 g/mol. The van der Waals surface area contributed by atoms with E-state index in [1.54, 1.807) is 18.9 Å². The molecule has 0 bridgehead atoms. The molecule has 1 aliphatic heterocycles. The van der Waals surface area contributed by atoms with Gasteiger partial charge in [0, 0.05) is 12.7 Å². The van der Waals surface area contributed by atoms with Crippen molar-refractivity contribution in [3.8, 4) is 0 Å². The number of rotatable bonds is 2. The molecule has 1 aromatic rings. The molecular weight excluding hydrogens is 270 g/mol. The van der Waals surface area contributed by atoms with Gasteiger partial charge < -0.3 is 9.47 Å². The Morgan fingerprint density at radius 3 is 2.45 bits per heavy atom. The molecule has 3 nitrogen and oxygen atoms in total. The van der Waals surface area contributed by atoms with Gasteiger partial charge in [-0.3, -0.25) is 0 Å². The lowest BCUT2D eigenvalue weighted by Crippen LogP contribution is -2.40. The minimum Gasteiger partial charge on any atom is -0.344 e. The lowest BCUT2D eigenvalue weighted by Gasteiger charge is -2.35. The van der Waals surface area contributed by atoms with Crippen molar-refractivity contribution in [3.63, 3.8) is 0 Å². The number of hydrogen-bond donors (Lipinski definition) is 0. The quantitative estimate of drug-likeness (QED) is 0.827. The summed E-state index contributed by atoms with van der Waals surface area (Å²) < 4.78 is 12.3. The highest BCUT2D eigenvalue weighted by Gasteiger charge is 2.53. The summed E-state index contributed by atoms with van der Waals surface area (Å²) in [5.74, 6) is -0.821. The smallest absolute Gasteiger partial charge is 0.247 e. The van der Waals surface area contributed by atoms with E-state index in [0.717, 1.165) is 23.4 Å². The summed E-state index contributed by atoms with van der Waals surface area (Å²) in [5.41, 5.74) is 0.653. The van der Waals surface area contributed by atoms with Crippen LogP contribution in [-0.2, 0) is 15.3 Å². The van der Waals surface area contributed by atoms with Crippen molar-refractivity contribution in [2.75, 3.05) is 13.4 Å². The molecule has 1 aromatic carbocycles. The van der Waals surface area contributed by atoms with Gasteiger partial charge in [-0.1, -0.05) is 36.8 Å². The van der Waals surface area contributed by atoms with Gasteiger partial charge in [0.25, 0.3) is 0 Å². The van der Waals surface area contributed by atoms with E-state index in [4.69, 9.17) is 14.5 Å². The van der Waals surface area contributed by atoms with Crippen LogP contribution in [0.1, 0.15) is 37.7 Å². The lowest BCUT2D eigenvalue weighted by molar-refractivity contribution is -0.233. The first-order valence-electron chi connectivity index (χ1n) is 7.20. The minimum atomic E-state index is -0.821. The zero-order chi connectivity index (χ0) is 14.1. The molecule has 0 saturated heterocycles. The average Bonchev–Trinajstić information content (AvgIpc) is 2.83. The summed E-state index contributed by atoms with van der Waals surface area (Å²) >= 11 is 1.63. The molecule has 1 atom stereocenters. The predicted molar refractivity (Wildman–Crippen MR) is 83.0 cm³/mol. The van der Waals surface area contributed by atoms with Crippen molar-refractivity contribution in [1.29, 1.82) is 0 Å². The largest absolute Gasteiger partial charge is 0.344 e. The second-order valence-electron chi connectivity index (χ2n) is 5.42. The van der Waals surface area contributed by atoms with Crippen LogP contribution in [0.15, 0.2) is 35.3 Å². The zero-order valence-electron chi connectivity index (χ0n) is 12.1. The van der Waals surface area contributed by atoms with E-state index in [2.05, 4.69) is 12.1 Å². The summed E-state index contributed by atoms with van der Waals surface area (Å²) in [7, 11) is 1.71. The van der Waals surface area contributed by atoms with Crippen molar-refractivity contribution in [1.82, 2.24) is 0 Å². The summed E-state index contributed by atoms with van der Waals surface area (Å²) in [4.78, 5) is 4.93. The Balaban J connectivity index is 2.02. The standard InChI is InChI=1S/C16H21NO2S/c1-18-16(13-9-5-3-6-10-13)14(20-2)17-15(19-16)11-7-4-8-12-15/h3,5-6,9-10H,4,7-8,11-12H2,1-2H3. The molecule has 0 amide bonds. The topological polar surface area (TPSA) is 30.8 Å². The molecular formula is C16H21NO2S. The SMILES string of the molecule is COC1(c2ccccc2)OC2(CCCCC2)N=C1SC. The first-order valence-corrected chi connectivity index (χ1v) is 8.42. The Morgan fingerprint density at radius 1 is 1.15 bits per heavy atom. The van der Waals surface area contributed by atoms with Crippen molar-refractivity contribution in [3.05, 3.63) is 35.9 Å². The summed E-state index contributed by atoms with van der Waals surface area (Å²) in [6.07, 6.45) is 7.67. The predicted octanol–water partition coefficient (Wildman–Crippen LogP) is 3.94. The number of ether oxygens (including phenoxy) is 2. The molecule has 0 aromatic heterocycles. The highest BCUT2D eigenvalue weighted by atomic mass is 32.2. The van der Waals surface area contributed by atoms with Crippen LogP contribution in [0.5, 0.6) is 0 Å². The van der Waals surface area contributed by atoms with Gasteiger partial charge in [0.2, 0.25) is 5.79 Å². The van der Waals surface area contributed by atoms with E-state index < -0.39 is 5.79 Å². The van der Waals surface area contributed by atoms with E-state index in [1.807, 2.05) is 24.5 Å². The Hall–Kier alpha value is -0.840. The third kappa shape index (κ3) is 2.20. The normalized spacial score (nSPS) is 28.6. The second kappa shape index (κ2) is 5.51. The summed E-state index contributed by atoms with van der Waals surface area (Å²) in [6, 6.07) is 10.1. The van der Waals surface area contributed by atoms with Crippen LogP contribution in [0.25, 0.3) is 0 Å². The van der Waals surface area contributed by atoms with Crippen LogP contribution < -0.4 is 0 Å². The molecule has 4 heteroatoms. The molecule has 0 N–H and O–H groups in total. The fraction of sp³-hybridized carbons (Fsp3) is 0.562. The van der Waals surface area contributed by atoms with Gasteiger partial charge >= 0.3 is 0 Å². The Kier molecular flexibility index (Phi) is 3.89. The fourth-order valence-corrected chi connectivity index (χ4v) is 3.95. The molecule has 1 fully saturated rings. The number of nitrogens with zero attached hydrogens (tertiary/aromatic N) is 1. The average molecular weight is 291 g/mol. The van der Waals surface area contributed by atoms with Gasteiger partial charge in [-0.05, 0) is 31.9 Å². The van der Waals surface area contributed by atoms with E-state index in [9.17, 15) is 0 Å². The van der Waals surface area contributed by atoms with Gasteiger partial charge in [0.15, 0.2) is 5.72 Å². The van der Waals surface area contributed by atoms with Crippen molar-refractivity contribution < 1.29 is 9.47 Å². The van der Waals surface area contributed by atoms with Crippen molar-refractivity contribution >= 4 is 16.8 Å². The van der Waals surface area contributed by atoms with E-state index in [0.29, 0.717) is 0 Å². The minimum absolute atomic E-state index is 0.373. The molecule has 1 spiro atoms. The number of benzene rings is 1. The fourth-order valence-electron chi connectivity index (χ4n) is 3.18. The van der Waals surface area contributed by atoms with Crippen LogP contribution in [0, 0.1) is 0 Å². The third-order valence-corrected chi connectivity index (χ3v) is 4.94. The molecule has 3 rings (SSSR count). The molecule has 1 aliphatic carbocycles. The van der Waals surface area contributed by atoms with Gasteiger partial charge in [0.1, 0.15) is 5.04 Å². The Morgan fingerprint density at radius 2 is 1.85 bits per heavy atom. The number of thioether (sulfide) groups is 1. The van der Waals surface area contributed by atoms with Crippen LogP contribution in [-0.4, -0.2) is 24.1 Å². The Bertz CT molecular complexity index is 496. The van der Waals surface area contributed by atoms with Crippen LogP contribution in [0.4, 0.5) is 0 Å². The summed E-state index contributed by atoms with van der Waals surface area (Å²) in [5, 5.41) is 0.938. The van der Waals surface area contributed by atoms with Gasteiger partial charge in [-0.2, -0.15) is 0 Å². The first-order chi connectivity index (χ1) is 9.75. The molecule has 1 heterocycles. The highest BCUT2D eigenvalue weighted by Crippen LogP contribution is 2.48. The maximum Gasteiger partial charge on any atom is 0.247 e. The second-order valence-corrected chi connectivity index (χ2v) is 6.21. The van der Waals surface area contributed by atoms with Crippen molar-refractivity contribution in [2.24, 2.45) is 4.99 Å². The highest BCUT2D eigenvalue weighted by molar-refractivity contribution is 8.13. The van der Waals surface area contributed by atoms with E-state index in [1.165, 1.54) is 19.3 Å². The van der Waals surface area contributed by atoms with Gasteiger partial charge in [-0.25, -0.2) is 4.99 Å². The van der Waals surface area contributed by atoms with Crippen LogP contribution >= 0.6 is 11.8 Å². The molecule has 108 valence electrons. The summed E-state index contributed by atoms with van der Waals surface area (Å²) in [6.45, 7) is 0.